The molecule has 0 aliphatic heterocycles. The zero-order valence-electron chi connectivity index (χ0n) is 19.8. The third-order valence-corrected chi connectivity index (χ3v) is 5.62. The van der Waals surface area contributed by atoms with Gasteiger partial charge >= 0.3 is 11.9 Å². The topological polar surface area (TPSA) is 72.8 Å². The number of hydrogen-bond acceptors (Lipinski definition) is 5. The number of benzene rings is 3. The van der Waals surface area contributed by atoms with Crippen molar-refractivity contribution in [2.24, 2.45) is 0 Å². The van der Waals surface area contributed by atoms with E-state index in [0.29, 0.717) is 11.5 Å². The van der Waals surface area contributed by atoms with E-state index in [0.717, 1.165) is 51.1 Å². The van der Waals surface area contributed by atoms with Gasteiger partial charge in [0.05, 0.1) is 0 Å². The molecule has 0 aromatic heterocycles. The molecule has 0 fully saturated rings. The number of rotatable bonds is 7. The SMILES string of the molecule is C=CC(=O)Oc1c(C)cc(C(c2cc(C)c(OC(=O)C=C)c(C)c2)c2ccccc2O)cc1C. The Labute approximate surface area is 200 Å². The van der Waals surface area contributed by atoms with E-state index in [-0.39, 0.29) is 11.7 Å². The lowest BCUT2D eigenvalue weighted by Crippen LogP contribution is -2.10. The van der Waals surface area contributed by atoms with Gasteiger partial charge in [0.1, 0.15) is 17.2 Å². The van der Waals surface area contributed by atoms with Crippen LogP contribution in [-0.4, -0.2) is 17.0 Å². The van der Waals surface area contributed by atoms with Crippen LogP contribution >= 0.6 is 0 Å². The summed E-state index contributed by atoms with van der Waals surface area (Å²) in [4.78, 5) is 23.6. The van der Waals surface area contributed by atoms with Crippen LogP contribution in [0.3, 0.4) is 0 Å². The molecule has 0 radical (unpaired) electrons. The highest BCUT2D eigenvalue weighted by Gasteiger charge is 2.24. The lowest BCUT2D eigenvalue weighted by Gasteiger charge is -2.23. The average Bonchev–Trinajstić information content (AvgIpc) is 2.79. The highest BCUT2D eigenvalue weighted by Crippen LogP contribution is 2.41. The largest absolute Gasteiger partial charge is 0.508 e. The third kappa shape index (κ3) is 5.09. The van der Waals surface area contributed by atoms with Gasteiger partial charge in [-0.15, -0.1) is 0 Å². The standard InChI is InChI=1S/C29H28O5/c1-7-25(31)33-28-17(3)13-21(14-18(28)4)27(23-11-9-10-12-24(23)30)22-15-19(5)29(20(6)16-22)34-26(32)8-2/h7-16,27,30H,1-2H2,3-6H3. The van der Waals surface area contributed by atoms with E-state index in [1.54, 1.807) is 12.1 Å². The second-order valence-corrected chi connectivity index (χ2v) is 8.21. The van der Waals surface area contributed by atoms with Gasteiger partial charge in [0.2, 0.25) is 0 Å². The van der Waals surface area contributed by atoms with E-state index in [9.17, 15) is 14.7 Å². The number of carbonyl (C=O) groups excluding carboxylic acids is 2. The monoisotopic (exact) mass is 456 g/mol. The predicted molar refractivity (Wildman–Crippen MR) is 133 cm³/mol. The third-order valence-electron chi connectivity index (χ3n) is 5.62. The normalized spacial score (nSPS) is 10.6. The molecular formula is C29H28O5. The number of aryl methyl sites for hydroxylation is 4. The number of aromatic hydroxyl groups is 1. The Bertz CT molecular complexity index is 1160. The van der Waals surface area contributed by atoms with E-state index in [4.69, 9.17) is 9.47 Å². The van der Waals surface area contributed by atoms with Gasteiger partial charge in [0, 0.05) is 23.6 Å². The van der Waals surface area contributed by atoms with Crippen LogP contribution in [0.4, 0.5) is 0 Å². The molecule has 5 heteroatoms. The van der Waals surface area contributed by atoms with Crippen molar-refractivity contribution in [3.8, 4) is 17.2 Å². The summed E-state index contributed by atoms with van der Waals surface area (Å²) >= 11 is 0. The summed E-state index contributed by atoms with van der Waals surface area (Å²) in [5.74, 6) is -0.210. The van der Waals surface area contributed by atoms with Crippen LogP contribution in [0.15, 0.2) is 73.8 Å². The predicted octanol–water partition coefficient (Wildman–Crippen LogP) is 5.99. The van der Waals surface area contributed by atoms with Gasteiger partial charge in [-0.05, 0) is 67.1 Å². The first-order chi connectivity index (χ1) is 16.2. The Kier molecular flexibility index (Phi) is 7.37. The minimum atomic E-state index is -0.521. The fourth-order valence-corrected chi connectivity index (χ4v) is 4.19. The molecule has 0 amide bonds. The summed E-state index contributed by atoms with van der Waals surface area (Å²) in [6.07, 6.45) is 2.26. The van der Waals surface area contributed by atoms with Crippen LogP contribution in [-0.2, 0) is 9.59 Å². The molecule has 3 rings (SSSR count). The Morgan fingerprint density at radius 1 is 0.765 bits per heavy atom. The zero-order chi connectivity index (χ0) is 25.0. The molecule has 0 unspecified atom stereocenters. The minimum Gasteiger partial charge on any atom is -0.508 e. The van der Waals surface area contributed by atoms with Crippen LogP contribution in [0.2, 0.25) is 0 Å². The van der Waals surface area contributed by atoms with Crippen molar-refractivity contribution in [1.82, 2.24) is 0 Å². The molecule has 0 saturated carbocycles. The van der Waals surface area contributed by atoms with Crippen molar-refractivity contribution >= 4 is 11.9 Å². The lowest BCUT2D eigenvalue weighted by atomic mass is 9.82. The molecule has 5 nitrogen and oxygen atoms in total. The first-order valence-corrected chi connectivity index (χ1v) is 10.8. The van der Waals surface area contributed by atoms with E-state index in [1.807, 2.05) is 64.1 Å². The highest BCUT2D eigenvalue weighted by atomic mass is 16.5. The van der Waals surface area contributed by atoms with E-state index >= 15 is 0 Å². The molecule has 0 aliphatic carbocycles. The van der Waals surface area contributed by atoms with Crippen molar-refractivity contribution < 1.29 is 24.2 Å². The van der Waals surface area contributed by atoms with Crippen molar-refractivity contribution in [3.05, 3.63) is 113 Å². The van der Waals surface area contributed by atoms with Gasteiger partial charge in [0.15, 0.2) is 0 Å². The second kappa shape index (κ2) is 10.2. The second-order valence-electron chi connectivity index (χ2n) is 8.21. The zero-order valence-corrected chi connectivity index (χ0v) is 19.8. The number of phenols is 1. The maximum Gasteiger partial charge on any atom is 0.335 e. The van der Waals surface area contributed by atoms with Crippen molar-refractivity contribution in [1.29, 1.82) is 0 Å². The smallest absolute Gasteiger partial charge is 0.335 e. The summed E-state index contributed by atoms with van der Waals surface area (Å²) in [5, 5.41) is 10.7. The number of esters is 2. The summed E-state index contributed by atoms with van der Waals surface area (Å²) in [7, 11) is 0. The number of phenolic OH excluding ortho intramolecular Hbond substituents is 1. The fraction of sp³-hybridized carbons (Fsp3) is 0.172. The van der Waals surface area contributed by atoms with Gasteiger partial charge in [0.25, 0.3) is 0 Å². The molecule has 0 bridgehead atoms. The Morgan fingerprint density at radius 2 is 1.15 bits per heavy atom. The van der Waals surface area contributed by atoms with Gasteiger partial charge in [-0.2, -0.15) is 0 Å². The lowest BCUT2D eigenvalue weighted by molar-refractivity contribution is -0.129. The Hall–Kier alpha value is -4.12. The molecular weight excluding hydrogens is 428 g/mol. The fourth-order valence-electron chi connectivity index (χ4n) is 4.19. The van der Waals surface area contributed by atoms with Crippen LogP contribution in [0.5, 0.6) is 17.2 Å². The van der Waals surface area contributed by atoms with Gasteiger partial charge < -0.3 is 14.6 Å². The molecule has 3 aromatic rings. The van der Waals surface area contributed by atoms with Crippen molar-refractivity contribution in [2.45, 2.75) is 33.6 Å². The molecule has 0 aliphatic rings. The van der Waals surface area contributed by atoms with E-state index < -0.39 is 11.9 Å². The van der Waals surface area contributed by atoms with Crippen LogP contribution < -0.4 is 9.47 Å². The quantitative estimate of drug-likeness (QED) is 0.205. The number of carbonyl (C=O) groups is 2. The molecule has 1 N–H and O–H groups in total. The highest BCUT2D eigenvalue weighted by molar-refractivity contribution is 5.84. The van der Waals surface area contributed by atoms with Crippen LogP contribution in [0, 0.1) is 27.7 Å². The number of hydrogen-bond donors (Lipinski definition) is 1. The summed E-state index contributed by atoms with van der Waals surface area (Å²) in [6, 6.07) is 15.0. The maximum atomic E-state index is 11.8. The average molecular weight is 457 g/mol. The van der Waals surface area contributed by atoms with Crippen LogP contribution in [0.1, 0.15) is 44.9 Å². The summed E-state index contributed by atoms with van der Waals surface area (Å²) in [6.45, 7) is 14.4. The maximum absolute atomic E-state index is 11.8. The van der Waals surface area contributed by atoms with Gasteiger partial charge in [-0.25, -0.2) is 9.59 Å². The molecule has 174 valence electrons. The molecule has 34 heavy (non-hydrogen) atoms. The minimum absolute atomic E-state index is 0.169. The number of para-hydroxylation sites is 1. The molecule has 0 heterocycles. The van der Waals surface area contributed by atoms with E-state index in [2.05, 4.69) is 13.2 Å². The van der Waals surface area contributed by atoms with Gasteiger partial charge in [-0.1, -0.05) is 55.6 Å². The number of ether oxygens (including phenoxy) is 2. The Morgan fingerprint density at radius 3 is 1.50 bits per heavy atom. The summed E-state index contributed by atoms with van der Waals surface area (Å²) in [5.41, 5.74) is 5.72. The van der Waals surface area contributed by atoms with Gasteiger partial charge in [-0.3, -0.25) is 0 Å². The molecule has 0 atom stereocenters. The van der Waals surface area contributed by atoms with E-state index in [1.165, 1.54) is 0 Å². The van der Waals surface area contributed by atoms with Crippen LogP contribution in [0.25, 0.3) is 0 Å². The molecule has 0 saturated heterocycles. The van der Waals surface area contributed by atoms with Crippen molar-refractivity contribution in [2.75, 3.05) is 0 Å². The first kappa shape index (κ1) is 24.5. The molecule has 0 spiro atoms. The summed E-state index contributed by atoms with van der Waals surface area (Å²) < 4.78 is 10.9. The first-order valence-electron chi connectivity index (χ1n) is 10.8. The van der Waals surface area contributed by atoms with Crippen molar-refractivity contribution in [3.63, 3.8) is 0 Å². The Balaban J connectivity index is 2.20. The molecule has 3 aromatic carbocycles.